The average molecular weight is 545 g/mol. The molecule has 0 saturated carbocycles. The number of aromatic nitrogens is 5. The third-order valence-electron chi connectivity index (χ3n) is 6.03. The molecule has 4 aromatic rings. The van der Waals surface area contributed by atoms with Gasteiger partial charge in [-0.05, 0) is 26.0 Å². The Hall–Kier alpha value is -4.04. The van der Waals surface area contributed by atoms with Crippen LogP contribution in [0.3, 0.4) is 0 Å². The summed E-state index contributed by atoms with van der Waals surface area (Å²) >= 11 is 0. The fourth-order valence-corrected chi connectivity index (χ4v) is 5.06. The lowest BCUT2D eigenvalue weighted by Gasteiger charge is -2.34. The molecule has 0 bridgehead atoms. The van der Waals surface area contributed by atoms with Gasteiger partial charge in [-0.15, -0.1) is 0 Å². The van der Waals surface area contributed by atoms with Crippen LogP contribution < -0.4 is 15.0 Å². The Kier molecular flexibility index (Phi) is 6.75. The van der Waals surface area contributed by atoms with E-state index in [1.54, 1.807) is 19.1 Å². The average Bonchev–Trinajstić information content (AvgIpc) is 3.48. The highest BCUT2D eigenvalue weighted by Gasteiger charge is 2.25. The van der Waals surface area contributed by atoms with Gasteiger partial charge < -0.3 is 19.9 Å². The van der Waals surface area contributed by atoms with E-state index in [1.807, 2.05) is 24.0 Å². The Morgan fingerprint density at radius 2 is 1.84 bits per heavy atom. The number of nitrogens with one attached hydrogen (secondary N) is 3. The van der Waals surface area contributed by atoms with Gasteiger partial charge in [0, 0.05) is 55.5 Å². The molecule has 3 N–H and O–H groups in total. The number of piperazine rings is 1. The lowest BCUT2D eigenvalue weighted by Crippen LogP contribution is -2.48. The first-order chi connectivity index (χ1) is 18.1. The molecule has 14 heteroatoms. The van der Waals surface area contributed by atoms with Crippen LogP contribution in [-0.2, 0) is 10.0 Å². The molecule has 1 aromatic carbocycles. The highest BCUT2D eigenvalue weighted by molar-refractivity contribution is 7.88. The summed E-state index contributed by atoms with van der Waals surface area (Å²) in [5, 5.41) is 10.2. The molecule has 4 heterocycles. The standard InChI is InChI=1S/C24H26F2N8O3S/c1-4-5-15-11-20(32-31-15)28-19-13-21(33-6-8-34(9-7-33)38(3,35)36)30-24(29-19)37-18-12-17(25)23-16(22(18)26)10-14(2)27-23/h4-5,10-13,27H,6-9H2,1-3H3,(H2,28,29,30,31,32)/b5-4+. The molecule has 0 spiro atoms. The molecule has 3 aromatic heterocycles. The molecule has 0 aliphatic carbocycles. The van der Waals surface area contributed by atoms with Crippen LogP contribution in [0.5, 0.6) is 11.8 Å². The van der Waals surface area contributed by atoms with Crippen molar-refractivity contribution in [2.24, 2.45) is 0 Å². The molecule has 0 radical (unpaired) electrons. The van der Waals surface area contributed by atoms with Gasteiger partial charge in [0.15, 0.2) is 23.2 Å². The molecule has 1 fully saturated rings. The van der Waals surface area contributed by atoms with Gasteiger partial charge in [0.25, 0.3) is 0 Å². The van der Waals surface area contributed by atoms with E-state index in [-0.39, 0.29) is 35.8 Å². The predicted octanol–water partition coefficient (Wildman–Crippen LogP) is 3.92. The smallest absolute Gasteiger partial charge is 0.326 e. The molecular formula is C24H26F2N8O3S. The molecule has 0 amide bonds. The van der Waals surface area contributed by atoms with Crippen molar-refractivity contribution < 1.29 is 21.9 Å². The summed E-state index contributed by atoms with van der Waals surface area (Å²) in [5.41, 5.74) is 1.41. The second-order valence-electron chi connectivity index (χ2n) is 8.89. The summed E-state index contributed by atoms with van der Waals surface area (Å²) in [6.07, 6.45) is 4.87. The molecule has 5 rings (SSSR count). The lowest BCUT2D eigenvalue weighted by molar-refractivity contribution is 0.383. The SMILES string of the molecule is C/C=C/c1cc(Nc2cc(N3CCN(S(C)(=O)=O)CC3)nc(Oc3cc(F)c4[nH]c(C)cc4c3F)n2)n[nH]1. The van der Waals surface area contributed by atoms with Crippen molar-refractivity contribution in [1.82, 2.24) is 29.5 Å². The maximum Gasteiger partial charge on any atom is 0.326 e. The Morgan fingerprint density at radius 3 is 2.55 bits per heavy atom. The number of H-pyrrole nitrogens is 2. The van der Waals surface area contributed by atoms with Crippen LogP contribution in [0.4, 0.5) is 26.2 Å². The number of aromatic amines is 2. The minimum Gasteiger partial charge on any atom is -0.421 e. The van der Waals surface area contributed by atoms with Crippen LogP contribution in [0.25, 0.3) is 17.0 Å². The van der Waals surface area contributed by atoms with Crippen LogP contribution in [0.2, 0.25) is 0 Å². The van der Waals surface area contributed by atoms with Gasteiger partial charge in [-0.1, -0.05) is 6.08 Å². The van der Waals surface area contributed by atoms with E-state index in [2.05, 4.69) is 30.5 Å². The number of aryl methyl sites for hydroxylation is 1. The number of nitrogens with zero attached hydrogens (tertiary/aromatic N) is 5. The Morgan fingerprint density at radius 1 is 1.08 bits per heavy atom. The van der Waals surface area contributed by atoms with E-state index in [0.717, 1.165) is 11.8 Å². The maximum absolute atomic E-state index is 15.2. The predicted molar refractivity (Wildman–Crippen MR) is 140 cm³/mol. The van der Waals surface area contributed by atoms with Crippen molar-refractivity contribution in [3.05, 3.63) is 53.4 Å². The van der Waals surface area contributed by atoms with Gasteiger partial charge in [0.05, 0.1) is 17.5 Å². The van der Waals surface area contributed by atoms with Crippen molar-refractivity contribution >= 4 is 44.5 Å². The molecule has 1 saturated heterocycles. The molecule has 0 unspecified atom stereocenters. The maximum atomic E-state index is 15.2. The molecule has 200 valence electrons. The zero-order valence-electron chi connectivity index (χ0n) is 20.9. The van der Waals surface area contributed by atoms with Gasteiger partial charge in [-0.2, -0.15) is 19.4 Å². The van der Waals surface area contributed by atoms with Crippen molar-refractivity contribution in [2.75, 3.05) is 42.7 Å². The number of hydrogen-bond donors (Lipinski definition) is 3. The number of benzene rings is 1. The number of rotatable bonds is 7. The lowest BCUT2D eigenvalue weighted by atomic mass is 10.2. The number of allylic oxidation sites excluding steroid dienone is 1. The number of fused-ring (bicyclic) bond motifs is 1. The normalized spacial score (nSPS) is 15.0. The van der Waals surface area contributed by atoms with E-state index in [4.69, 9.17) is 4.74 Å². The number of anilines is 3. The first-order valence-electron chi connectivity index (χ1n) is 11.8. The number of sulfonamides is 1. The second kappa shape index (κ2) is 10.0. The number of halogens is 2. The highest BCUT2D eigenvalue weighted by Crippen LogP contribution is 2.33. The van der Waals surface area contributed by atoms with Crippen molar-refractivity contribution in [1.29, 1.82) is 0 Å². The zero-order valence-corrected chi connectivity index (χ0v) is 21.7. The third-order valence-corrected chi connectivity index (χ3v) is 7.33. The fraction of sp³-hybridized carbons (Fsp3) is 0.292. The molecule has 38 heavy (non-hydrogen) atoms. The highest BCUT2D eigenvalue weighted by atomic mass is 32.2. The van der Waals surface area contributed by atoms with Crippen molar-refractivity contribution in [3.63, 3.8) is 0 Å². The third kappa shape index (κ3) is 5.31. The van der Waals surface area contributed by atoms with E-state index in [0.29, 0.717) is 36.2 Å². The minimum atomic E-state index is -3.32. The van der Waals surface area contributed by atoms with Crippen LogP contribution in [0.15, 0.2) is 30.3 Å². The van der Waals surface area contributed by atoms with E-state index in [9.17, 15) is 12.8 Å². The topological polar surface area (TPSA) is 132 Å². The van der Waals surface area contributed by atoms with Crippen molar-refractivity contribution in [2.45, 2.75) is 13.8 Å². The Bertz CT molecular complexity index is 1630. The van der Waals surface area contributed by atoms with Gasteiger partial charge >= 0.3 is 6.01 Å². The Balaban J connectivity index is 1.49. The molecule has 1 aliphatic heterocycles. The van der Waals surface area contributed by atoms with E-state index in [1.165, 1.54) is 16.6 Å². The van der Waals surface area contributed by atoms with Gasteiger partial charge in [0.2, 0.25) is 10.0 Å². The first kappa shape index (κ1) is 25.6. The number of ether oxygens (including phenoxy) is 1. The fourth-order valence-electron chi connectivity index (χ4n) is 4.24. The van der Waals surface area contributed by atoms with Gasteiger partial charge in [-0.3, -0.25) is 5.10 Å². The van der Waals surface area contributed by atoms with Crippen LogP contribution in [-0.4, -0.2) is 70.3 Å². The van der Waals surface area contributed by atoms with Gasteiger partial charge in [-0.25, -0.2) is 17.2 Å². The monoisotopic (exact) mass is 544 g/mol. The summed E-state index contributed by atoms with van der Waals surface area (Å²) in [6.45, 7) is 4.87. The number of hydrogen-bond acceptors (Lipinski definition) is 8. The van der Waals surface area contributed by atoms with Crippen molar-refractivity contribution in [3.8, 4) is 11.8 Å². The summed E-state index contributed by atoms with van der Waals surface area (Å²) in [4.78, 5) is 13.4. The van der Waals surface area contributed by atoms with E-state index < -0.39 is 21.7 Å². The van der Waals surface area contributed by atoms with Crippen LogP contribution in [0.1, 0.15) is 18.3 Å². The summed E-state index contributed by atoms with van der Waals surface area (Å²) in [5.74, 6) is -0.600. The summed E-state index contributed by atoms with van der Waals surface area (Å²) < 4.78 is 60.8. The second-order valence-corrected chi connectivity index (χ2v) is 10.9. The first-order valence-corrected chi connectivity index (χ1v) is 13.6. The zero-order chi connectivity index (χ0) is 27.0. The van der Waals surface area contributed by atoms with E-state index >= 15 is 4.39 Å². The molecule has 0 atom stereocenters. The largest absolute Gasteiger partial charge is 0.421 e. The minimum absolute atomic E-state index is 0.0450. The Labute approximate surface area is 217 Å². The van der Waals surface area contributed by atoms with Crippen LogP contribution in [0, 0.1) is 18.6 Å². The van der Waals surface area contributed by atoms with Crippen LogP contribution >= 0.6 is 0 Å². The summed E-state index contributed by atoms with van der Waals surface area (Å²) in [6, 6.07) is 5.64. The van der Waals surface area contributed by atoms with Gasteiger partial charge in [0.1, 0.15) is 11.6 Å². The molecule has 1 aliphatic rings. The summed E-state index contributed by atoms with van der Waals surface area (Å²) in [7, 11) is -3.32. The molecular weight excluding hydrogens is 518 g/mol. The quantitative estimate of drug-likeness (QED) is 0.319. The molecule has 11 nitrogen and oxygen atoms in total.